The van der Waals surface area contributed by atoms with Crippen LogP contribution in [0, 0.1) is 5.82 Å². The molecule has 1 aromatic rings. The third-order valence-corrected chi connectivity index (χ3v) is 1.99. The molecule has 13 heavy (non-hydrogen) atoms. The maximum absolute atomic E-state index is 12.9. The standard InChI is InChI=1S/C9H5Cl2FO/c10-7-4-6(2-1-3-13)9(11)8(12)5-7/h1-5H. The third-order valence-electron chi connectivity index (χ3n) is 1.38. The minimum Gasteiger partial charge on any atom is -0.299 e. The van der Waals surface area contributed by atoms with Gasteiger partial charge in [-0.3, -0.25) is 4.79 Å². The van der Waals surface area contributed by atoms with E-state index in [0.717, 1.165) is 6.07 Å². The second-order valence-electron chi connectivity index (χ2n) is 2.29. The summed E-state index contributed by atoms with van der Waals surface area (Å²) in [5.41, 5.74) is 0.388. The van der Waals surface area contributed by atoms with Crippen LogP contribution in [0.3, 0.4) is 0 Å². The van der Waals surface area contributed by atoms with E-state index in [-0.39, 0.29) is 10.0 Å². The van der Waals surface area contributed by atoms with Gasteiger partial charge >= 0.3 is 0 Å². The Labute approximate surface area is 84.8 Å². The van der Waals surface area contributed by atoms with Gasteiger partial charge in [-0.25, -0.2) is 4.39 Å². The monoisotopic (exact) mass is 218 g/mol. The van der Waals surface area contributed by atoms with Crippen molar-refractivity contribution in [1.29, 1.82) is 0 Å². The van der Waals surface area contributed by atoms with Crippen LogP contribution < -0.4 is 0 Å². The molecule has 0 N–H and O–H groups in total. The lowest BCUT2D eigenvalue weighted by Gasteiger charge is -1.99. The van der Waals surface area contributed by atoms with E-state index in [1.165, 1.54) is 18.2 Å². The zero-order valence-electron chi connectivity index (χ0n) is 6.43. The topological polar surface area (TPSA) is 17.1 Å². The minimum atomic E-state index is -0.597. The van der Waals surface area contributed by atoms with Crippen LogP contribution in [-0.4, -0.2) is 6.29 Å². The number of allylic oxidation sites excluding steroid dienone is 1. The van der Waals surface area contributed by atoms with Gasteiger partial charge in [0.25, 0.3) is 0 Å². The summed E-state index contributed by atoms with van der Waals surface area (Å²) in [4.78, 5) is 10.0. The van der Waals surface area contributed by atoms with E-state index >= 15 is 0 Å². The zero-order valence-corrected chi connectivity index (χ0v) is 7.94. The van der Waals surface area contributed by atoms with Crippen LogP contribution in [0.25, 0.3) is 6.08 Å². The summed E-state index contributed by atoms with van der Waals surface area (Å²) in [6.07, 6.45) is 3.19. The molecule has 1 aromatic carbocycles. The first-order chi connectivity index (χ1) is 6.15. The maximum Gasteiger partial charge on any atom is 0.143 e. The smallest absolute Gasteiger partial charge is 0.143 e. The first-order valence-corrected chi connectivity index (χ1v) is 4.17. The lowest BCUT2D eigenvalue weighted by Crippen LogP contribution is -1.82. The second-order valence-corrected chi connectivity index (χ2v) is 3.10. The molecule has 0 aliphatic rings. The van der Waals surface area contributed by atoms with Crippen molar-refractivity contribution in [2.45, 2.75) is 0 Å². The van der Waals surface area contributed by atoms with Gasteiger partial charge in [0.2, 0.25) is 0 Å². The molecule has 68 valence electrons. The molecule has 0 heterocycles. The highest BCUT2D eigenvalue weighted by atomic mass is 35.5. The van der Waals surface area contributed by atoms with E-state index in [4.69, 9.17) is 23.2 Å². The van der Waals surface area contributed by atoms with Crippen LogP contribution in [0.2, 0.25) is 10.0 Å². The largest absolute Gasteiger partial charge is 0.299 e. The fraction of sp³-hybridized carbons (Fsp3) is 0. The molecule has 0 saturated carbocycles. The van der Waals surface area contributed by atoms with Crippen LogP contribution in [0.15, 0.2) is 18.2 Å². The van der Waals surface area contributed by atoms with Crippen molar-refractivity contribution in [2.75, 3.05) is 0 Å². The SMILES string of the molecule is O=CC=Cc1cc(Cl)cc(F)c1Cl. The predicted molar refractivity (Wildman–Crippen MR) is 51.5 cm³/mol. The molecule has 0 aliphatic carbocycles. The maximum atomic E-state index is 12.9. The lowest BCUT2D eigenvalue weighted by atomic mass is 10.2. The molecule has 0 fully saturated rings. The molecule has 0 saturated heterocycles. The molecule has 4 heteroatoms. The summed E-state index contributed by atoms with van der Waals surface area (Å²) >= 11 is 11.2. The van der Waals surface area contributed by atoms with Gasteiger partial charge in [0.1, 0.15) is 12.1 Å². The van der Waals surface area contributed by atoms with Gasteiger partial charge in [-0.15, -0.1) is 0 Å². The Kier molecular flexibility index (Phi) is 3.46. The molecule has 0 aliphatic heterocycles. The summed E-state index contributed by atoms with van der Waals surface area (Å²) in [7, 11) is 0. The number of hydrogen-bond acceptors (Lipinski definition) is 1. The highest BCUT2D eigenvalue weighted by Gasteiger charge is 2.05. The van der Waals surface area contributed by atoms with Crippen LogP contribution in [0.5, 0.6) is 0 Å². The number of benzene rings is 1. The van der Waals surface area contributed by atoms with E-state index in [9.17, 15) is 9.18 Å². The fourth-order valence-corrected chi connectivity index (χ4v) is 1.23. The Morgan fingerprint density at radius 2 is 2.00 bits per heavy atom. The molecular weight excluding hydrogens is 214 g/mol. The summed E-state index contributed by atoms with van der Waals surface area (Å²) in [5.74, 6) is -0.597. The molecular formula is C9H5Cl2FO. The highest BCUT2D eigenvalue weighted by Crippen LogP contribution is 2.25. The van der Waals surface area contributed by atoms with E-state index in [1.807, 2.05) is 0 Å². The Morgan fingerprint density at radius 1 is 1.31 bits per heavy atom. The van der Waals surface area contributed by atoms with Crippen molar-refractivity contribution in [3.8, 4) is 0 Å². The van der Waals surface area contributed by atoms with Crippen molar-refractivity contribution < 1.29 is 9.18 Å². The van der Waals surface area contributed by atoms with Crippen LogP contribution >= 0.6 is 23.2 Å². The van der Waals surface area contributed by atoms with Crippen molar-refractivity contribution in [3.63, 3.8) is 0 Å². The molecule has 1 rings (SSSR count). The van der Waals surface area contributed by atoms with Gasteiger partial charge < -0.3 is 0 Å². The average Bonchev–Trinajstić information content (AvgIpc) is 2.09. The van der Waals surface area contributed by atoms with Gasteiger partial charge in [0.05, 0.1) is 5.02 Å². The third kappa shape index (κ3) is 2.54. The van der Waals surface area contributed by atoms with Crippen molar-refractivity contribution in [2.24, 2.45) is 0 Å². The first-order valence-electron chi connectivity index (χ1n) is 3.41. The van der Waals surface area contributed by atoms with E-state index in [0.29, 0.717) is 11.8 Å². The average molecular weight is 219 g/mol. The molecule has 0 unspecified atom stereocenters. The lowest BCUT2D eigenvalue weighted by molar-refractivity contribution is -0.104. The fourth-order valence-electron chi connectivity index (χ4n) is 0.840. The quantitative estimate of drug-likeness (QED) is 0.423. The number of carbonyl (C=O) groups excluding carboxylic acids is 1. The summed E-state index contributed by atoms with van der Waals surface area (Å²) in [6.45, 7) is 0. The Bertz CT molecular complexity index is 361. The van der Waals surface area contributed by atoms with Crippen LogP contribution in [0.1, 0.15) is 5.56 Å². The number of hydrogen-bond donors (Lipinski definition) is 0. The Hall–Kier alpha value is -0.860. The summed E-state index contributed by atoms with van der Waals surface area (Å²) in [6, 6.07) is 2.59. The number of halogens is 3. The first kappa shape index (κ1) is 10.2. The van der Waals surface area contributed by atoms with E-state index in [1.54, 1.807) is 0 Å². The van der Waals surface area contributed by atoms with Gasteiger partial charge in [-0.05, 0) is 23.8 Å². The molecule has 0 atom stereocenters. The van der Waals surface area contributed by atoms with Gasteiger partial charge in [-0.1, -0.05) is 29.3 Å². The van der Waals surface area contributed by atoms with Crippen molar-refractivity contribution >= 4 is 35.6 Å². The molecule has 0 aromatic heterocycles. The summed E-state index contributed by atoms with van der Waals surface area (Å²) < 4.78 is 12.9. The second kappa shape index (κ2) is 4.40. The van der Waals surface area contributed by atoms with E-state index in [2.05, 4.69) is 0 Å². The number of aldehydes is 1. The van der Waals surface area contributed by atoms with Crippen LogP contribution in [-0.2, 0) is 4.79 Å². The zero-order chi connectivity index (χ0) is 9.84. The van der Waals surface area contributed by atoms with E-state index < -0.39 is 5.82 Å². The van der Waals surface area contributed by atoms with Crippen molar-refractivity contribution in [3.05, 3.63) is 39.6 Å². The minimum absolute atomic E-state index is 0.0394. The normalized spacial score (nSPS) is 10.7. The molecule has 0 bridgehead atoms. The molecule has 0 amide bonds. The summed E-state index contributed by atoms with van der Waals surface area (Å²) in [5, 5.41) is 0.204. The van der Waals surface area contributed by atoms with Crippen molar-refractivity contribution in [1.82, 2.24) is 0 Å². The number of rotatable bonds is 2. The highest BCUT2D eigenvalue weighted by molar-refractivity contribution is 6.34. The van der Waals surface area contributed by atoms with Crippen LogP contribution in [0.4, 0.5) is 4.39 Å². The van der Waals surface area contributed by atoms with Gasteiger partial charge in [-0.2, -0.15) is 0 Å². The molecule has 0 radical (unpaired) electrons. The Balaban J connectivity index is 3.19. The predicted octanol–water partition coefficient (Wildman–Crippen LogP) is 3.34. The van der Waals surface area contributed by atoms with Gasteiger partial charge in [0, 0.05) is 5.02 Å². The molecule has 1 nitrogen and oxygen atoms in total. The Morgan fingerprint density at radius 3 is 2.62 bits per heavy atom. The number of carbonyl (C=O) groups is 1. The van der Waals surface area contributed by atoms with Gasteiger partial charge in [0.15, 0.2) is 0 Å². The molecule has 0 spiro atoms.